The maximum Gasteiger partial charge on any atom is 0.231 e. The van der Waals surface area contributed by atoms with Crippen molar-refractivity contribution in [3.05, 3.63) is 30.7 Å². The molecule has 1 aliphatic rings. The summed E-state index contributed by atoms with van der Waals surface area (Å²) in [7, 11) is 3.18. The predicted molar refractivity (Wildman–Crippen MR) is 108 cm³/mol. The van der Waals surface area contributed by atoms with Gasteiger partial charge < -0.3 is 19.7 Å². The van der Waals surface area contributed by atoms with E-state index >= 15 is 0 Å². The first-order chi connectivity index (χ1) is 13.7. The van der Waals surface area contributed by atoms with Crippen LogP contribution in [0.2, 0.25) is 0 Å². The Bertz CT molecular complexity index is 937. The Morgan fingerprint density at radius 3 is 2.82 bits per heavy atom. The molecule has 28 heavy (non-hydrogen) atoms. The highest BCUT2D eigenvalue weighted by molar-refractivity contribution is 7.22. The molecule has 1 amide bonds. The zero-order chi connectivity index (χ0) is 19.5. The Morgan fingerprint density at radius 2 is 2.07 bits per heavy atom. The second-order valence-electron chi connectivity index (χ2n) is 6.53. The Morgan fingerprint density at radius 1 is 1.25 bits per heavy atom. The number of carbonyl (C=O) groups is 1. The summed E-state index contributed by atoms with van der Waals surface area (Å²) < 4.78 is 11.6. The van der Waals surface area contributed by atoms with Crippen molar-refractivity contribution in [2.75, 3.05) is 37.5 Å². The number of fused-ring (bicyclic) bond motifs is 1. The average molecular weight is 399 g/mol. The van der Waals surface area contributed by atoms with Crippen LogP contribution in [0.1, 0.15) is 12.8 Å². The topological polar surface area (TPSA) is 89.5 Å². The van der Waals surface area contributed by atoms with Gasteiger partial charge in [-0.05, 0) is 12.8 Å². The van der Waals surface area contributed by atoms with Gasteiger partial charge in [-0.25, -0.2) is 9.97 Å². The number of hydrogen-bond acceptors (Lipinski definition) is 8. The third kappa shape index (κ3) is 3.70. The molecule has 9 heteroatoms. The van der Waals surface area contributed by atoms with E-state index in [0.717, 1.165) is 35.4 Å². The molecule has 3 aromatic rings. The molecule has 0 spiro atoms. The van der Waals surface area contributed by atoms with Gasteiger partial charge in [0.1, 0.15) is 5.82 Å². The lowest BCUT2D eigenvalue weighted by molar-refractivity contribution is -0.120. The fourth-order valence-electron chi connectivity index (χ4n) is 3.37. The van der Waals surface area contributed by atoms with Crippen LogP contribution in [0.25, 0.3) is 10.2 Å². The van der Waals surface area contributed by atoms with E-state index in [2.05, 4.69) is 25.2 Å². The second-order valence-corrected chi connectivity index (χ2v) is 7.56. The number of nitrogens with one attached hydrogen (secondary N) is 1. The maximum atomic E-state index is 12.8. The lowest BCUT2D eigenvalue weighted by Gasteiger charge is -2.32. The molecule has 1 aromatic carbocycles. The minimum Gasteiger partial charge on any atom is -0.493 e. The number of amides is 1. The van der Waals surface area contributed by atoms with Gasteiger partial charge in [0, 0.05) is 37.6 Å². The van der Waals surface area contributed by atoms with Crippen LogP contribution in [0, 0.1) is 5.92 Å². The lowest BCUT2D eigenvalue weighted by atomic mass is 9.97. The molecule has 0 aliphatic carbocycles. The molecular weight excluding hydrogens is 378 g/mol. The largest absolute Gasteiger partial charge is 0.493 e. The van der Waals surface area contributed by atoms with Crippen molar-refractivity contribution in [3.8, 4) is 11.5 Å². The van der Waals surface area contributed by atoms with Crippen LogP contribution in [0.15, 0.2) is 30.7 Å². The zero-order valence-electron chi connectivity index (χ0n) is 15.7. The van der Waals surface area contributed by atoms with Crippen molar-refractivity contribution in [1.82, 2.24) is 15.0 Å². The van der Waals surface area contributed by atoms with E-state index in [4.69, 9.17) is 9.47 Å². The number of benzene rings is 1. The summed E-state index contributed by atoms with van der Waals surface area (Å²) in [5, 5.41) is 3.55. The van der Waals surface area contributed by atoms with E-state index in [1.165, 1.54) is 11.3 Å². The van der Waals surface area contributed by atoms with E-state index in [-0.39, 0.29) is 11.8 Å². The molecule has 1 atom stereocenters. The second kappa shape index (κ2) is 7.97. The van der Waals surface area contributed by atoms with Gasteiger partial charge in [-0.3, -0.25) is 9.78 Å². The SMILES string of the molecule is COc1cc2nc(NC(=O)C3CCCN(c4cnccn4)C3)sc2cc1OC. The van der Waals surface area contributed by atoms with E-state index in [1.54, 1.807) is 32.8 Å². The summed E-state index contributed by atoms with van der Waals surface area (Å²) in [4.78, 5) is 27.9. The minimum absolute atomic E-state index is 0.0217. The highest BCUT2D eigenvalue weighted by Gasteiger charge is 2.27. The smallest absolute Gasteiger partial charge is 0.231 e. The number of thiazole rings is 1. The maximum absolute atomic E-state index is 12.8. The highest BCUT2D eigenvalue weighted by Crippen LogP contribution is 2.36. The first kappa shape index (κ1) is 18.4. The predicted octanol–water partition coefficient (Wildman–Crippen LogP) is 2.96. The van der Waals surface area contributed by atoms with E-state index < -0.39 is 0 Å². The molecule has 4 rings (SSSR count). The molecule has 1 N–H and O–H groups in total. The molecule has 2 aromatic heterocycles. The summed E-state index contributed by atoms with van der Waals surface area (Å²) >= 11 is 1.42. The molecular formula is C19H21N5O3S. The van der Waals surface area contributed by atoms with Crippen LogP contribution < -0.4 is 19.7 Å². The monoisotopic (exact) mass is 399 g/mol. The van der Waals surface area contributed by atoms with Gasteiger partial charge in [0.2, 0.25) is 5.91 Å². The number of hydrogen-bond donors (Lipinski definition) is 1. The number of anilines is 2. The highest BCUT2D eigenvalue weighted by atomic mass is 32.1. The van der Waals surface area contributed by atoms with Crippen molar-refractivity contribution in [2.24, 2.45) is 5.92 Å². The average Bonchev–Trinajstić information content (AvgIpc) is 3.14. The van der Waals surface area contributed by atoms with Crippen LogP contribution in [0.5, 0.6) is 11.5 Å². The van der Waals surface area contributed by atoms with Gasteiger partial charge in [0.15, 0.2) is 16.6 Å². The van der Waals surface area contributed by atoms with Crippen LogP contribution in [0.4, 0.5) is 10.9 Å². The van der Waals surface area contributed by atoms with Gasteiger partial charge in [0.25, 0.3) is 0 Å². The molecule has 1 unspecified atom stereocenters. The van der Waals surface area contributed by atoms with E-state index in [1.807, 2.05) is 12.1 Å². The van der Waals surface area contributed by atoms with Crippen molar-refractivity contribution in [3.63, 3.8) is 0 Å². The third-order valence-electron chi connectivity index (χ3n) is 4.79. The van der Waals surface area contributed by atoms with Gasteiger partial charge in [-0.2, -0.15) is 0 Å². The standard InChI is InChI=1S/C19H21N5O3S/c1-26-14-8-13-16(9-15(14)27-2)28-19(22-13)23-18(25)12-4-3-7-24(11-12)17-10-20-5-6-21-17/h5-6,8-10,12H,3-4,7,11H2,1-2H3,(H,22,23,25). The van der Waals surface area contributed by atoms with Crippen molar-refractivity contribution in [1.29, 1.82) is 0 Å². The number of ether oxygens (including phenoxy) is 2. The lowest BCUT2D eigenvalue weighted by Crippen LogP contribution is -2.41. The Hall–Kier alpha value is -2.94. The number of aromatic nitrogens is 3. The summed E-state index contributed by atoms with van der Waals surface area (Å²) in [5.41, 5.74) is 0.766. The van der Waals surface area contributed by atoms with E-state index in [0.29, 0.717) is 23.2 Å². The molecule has 1 aliphatic heterocycles. The number of methoxy groups -OCH3 is 2. The fourth-order valence-corrected chi connectivity index (χ4v) is 4.25. The Labute approximate surface area is 166 Å². The molecule has 146 valence electrons. The van der Waals surface area contributed by atoms with Crippen molar-refractivity contribution < 1.29 is 14.3 Å². The molecule has 3 heterocycles. The Kier molecular flexibility index (Phi) is 5.25. The molecule has 0 bridgehead atoms. The molecule has 0 saturated carbocycles. The van der Waals surface area contributed by atoms with Gasteiger partial charge in [-0.1, -0.05) is 11.3 Å². The van der Waals surface area contributed by atoms with Crippen LogP contribution in [0.3, 0.4) is 0 Å². The summed E-state index contributed by atoms with van der Waals surface area (Å²) in [6.07, 6.45) is 6.82. The summed E-state index contributed by atoms with van der Waals surface area (Å²) in [6, 6.07) is 3.69. The van der Waals surface area contributed by atoms with Gasteiger partial charge in [-0.15, -0.1) is 0 Å². The number of nitrogens with zero attached hydrogens (tertiary/aromatic N) is 4. The molecule has 0 radical (unpaired) electrons. The first-order valence-electron chi connectivity index (χ1n) is 9.02. The number of rotatable bonds is 5. The fraction of sp³-hybridized carbons (Fsp3) is 0.368. The third-order valence-corrected chi connectivity index (χ3v) is 5.72. The molecule has 1 fully saturated rings. The number of piperidine rings is 1. The molecule has 1 saturated heterocycles. The summed E-state index contributed by atoms with van der Waals surface area (Å²) in [6.45, 7) is 1.50. The minimum atomic E-state index is -0.119. The summed E-state index contributed by atoms with van der Waals surface area (Å²) in [5.74, 6) is 1.92. The normalized spacial score (nSPS) is 16.8. The zero-order valence-corrected chi connectivity index (χ0v) is 16.5. The number of carbonyl (C=O) groups excluding carboxylic acids is 1. The van der Waals surface area contributed by atoms with Gasteiger partial charge >= 0.3 is 0 Å². The van der Waals surface area contributed by atoms with Crippen molar-refractivity contribution >= 4 is 38.4 Å². The molecule has 8 nitrogen and oxygen atoms in total. The van der Waals surface area contributed by atoms with Crippen LogP contribution in [-0.2, 0) is 4.79 Å². The van der Waals surface area contributed by atoms with Crippen LogP contribution >= 0.6 is 11.3 Å². The van der Waals surface area contributed by atoms with E-state index in [9.17, 15) is 4.79 Å². The van der Waals surface area contributed by atoms with Gasteiger partial charge in [0.05, 0.1) is 36.6 Å². The van der Waals surface area contributed by atoms with Crippen molar-refractivity contribution in [2.45, 2.75) is 12.8 Å². The van der Waals surface area contributed by atoms with Crippen LogP contribution in [-0.4, -0.2) is 48.2 Å². The Balaban J connectivity index is 1.48. The first-order valence-corrected chi connectivity index (χ1v) is 9.84. The quantitative estimate of drug-likeness (QED) is 0.705.